The molecule has 0 aliphatic carbocycles. The van der Waals surface area contributed by atoms with E-state index < -0.39 is 0 Å². The molecule has 3 N–H and O–H groups in total. The average Bonchev–Trinajstić information content (AvgIpc) is 2.73. The molecule has 2 rings (SSSR count). The van der Waals surface area contributed by atoms with E-state index in [-0.39, 0.29) is 5.78 Å². The number of nitrogens with zero attached hydrogens (tertiary/aromatic N) is 2. The van der Waals surface area contributed by atoms with Crippen LogP contribution in [0.5, 0.6) is 0 Å². The number of Topliss-reactive ketones (excluding diaryl/α,β-unsaturated/α-hetero) is 1. The van der Waals surface area contributed by atoms with Crippen LogP contribution in [0.25, 0.3) is 0 Å². The van der Waals surface area contributed by atoms with Crippen LogP contribution in [0.3, 0.4) is 0 Å². The summed E-state index contributed by atoms with van der Waals surface area (Å²) in [7, 11) is 1.94. The normalized spacial score (nSPS) is 10.3. The van der Waals surface area contributed by atoms with Gasteiger partial charge in [0.25, 0.3) is 0 Å². The number of nitrogens with two attached hydrogens (primary N) is 1. The molecule has 5 heteroatoms. The summed E-state index contributed by atoms with van der Waals surface area (Å²) in [5, 5.41) is 3.22. The fraction of sp³-hybridized carbons (Fsp3) is 0.231. The summed E-state index contributed by atoms with van der Waals surface area (Å²) in [5.41, 5.74) is 7.65. The van der Waals surface area contributed by atoms with E-state index in [2.05, 4.69) is 10.3 Å². The number of carbonyl (C=O) groups is 1. The smallest absolute Gasteiger partial charge is 0.161 e. The van der Waals surface area contributed by atoms with E-state index in [1.165, 1.54) is 6.92 Å². The number of hydrogen-bond acceptors (Lipinski definition) is 4. The Balaban J connectivity index is 2.13. The van der Waals surface area contributed by atoms with Crippen LogP contribution in [-0.4, -0.2) is 15.3 Å². The summed E-state index contributed by atoms with van der Waals surface area (Å²) >= 11 is 0. The number of aromatic nitrogens is 2. The molecule has 0 fully saturated rings. The minimum atomic E-state index is -0.0341. The van der Waals surface area contributed by atoms with Gasteiger partial charge in [-0.1, -0.05) is 0 Å². The Morgan fingerprint density at radius 1 is 1.50 bits per heavy atom. The first-order valence-corrected chi connectivity index (χ1v) is 5.68. The summed E-state index contributed by atoms with van der Waals surface area (Å²) in [6.07, 6.45) is 3.64. The largest absolute Gasteiger partial charge is 0.398 e. The van der Waals surface area contributed by atoms with Crippen molar-refractivity contribution in [2.24, 2.45) is 7.05 Å². The van der Waals surface area contributed by atoms with Gasteiger partial charge in [-0.2, -0.15) is 0 Å². The number of rotatable bonds is 4. The Labute approximate surface area is 106 Å². The number of anilines is 2. The molecular formula is C13H16N4O. The fourth-order valence-electron chi connectivity index (χ4n) is 1.72. The maximum absolute atomic E-state index is 11.4. The molecule has 0 unspecified atom stereocenters. The molecule has 0 amide bonds. The Kier molecular flexibility index (Phi) is 3.32. The molecule has 18 heavy (non-hydrogen) atoms. The van der Waals surface area contributed by atoms with Gasteiger partial charge in [0.2, 0.25) is 0 Å². The van der Waals surface area contributed by atoms with Crippen LogP contribution in [0.2, 0.25) is 0 Å². The van der Waals surface area contributed by atoms with Crippen LogP contribution in [0.4, 0.5) is 11.4 Å². The highest BCUT2D eigenvalue weighted by atomic mass is 16.1. The predicted molar refractivity (Wildman–Crippen MR) is 71.4 cm³/mol. The van der Waals surface area contributed by atoms with Crippen molar-refractivity contribution in [1.82, 2.24) is 9.55 Å². The van der Waals surface area contributed by atoms with Crippen molar-refractivity contribution < 1.29 is 4.79 Å². The van der Waals surface area contributed by atoms with Crippen molar-refractivity contribution >= 4 is 17.2 Å². The summed E-state index contributed by atoms with van der Waals surface area (Å²) < 4.78 is 1.94. The molecule has 94 valence electrons. The van der Waals surface area contributed by atoms with Gasteiger partial charge in [0.05, 0.1) is 6.54 Å². The number of imidazole rings is 1. The number of nitrogen functional groups attached to an aromatic ring is 1. The second kappa shape index (κ2) is 4.91. The summed E-state index contributed by atoms with van der Waals surface area (Å²) in [5.74, 6) is 0.893. The molecule has 0 aliphatic rings. The number of nitrogens with one attached hydrogen (secondary N) is 1. The SMILES string of the molecule is CC(=O)c1cc(NCc2nccn2C)ccc1N. The van der Waals surface area contributed by atoms with E-state index in [9.17, 15) is 4.79 Å². The lowest BCUT2D eigenvalue weighted by Crippen LogP contribution is -2.07. The molecule has 1 aromatic carbocycles. The zero-order valence-electron chi connectivity index (χ0n) is 10.5. The first-order chi connectivity index (χ1) is 8.58. The summed E-state index contributed by atoms with van der Waals surface area (Å²) in [4.78, 5) is 15.6. The van der Waals surface area contributed by atoms with Gasteiger partial charge in [-0.15, -0.1) is 0 Å². The van der Waals surface area contributed by atoms with Gasteiger partial charge in [-0.25, -0.2) is 4.98 Å². The van der Waals surface area contributed by atoms with Crippen molar-refractivity contribution in [1.29, 1.82) is 0 Å². The molecule has 2 aromatic rings. The van der Waals surface area contributed by atoms with E-state index in [1.54, 1.807) is 18.3 Å². The van der Waals surface area contributed by atoms with Gasteiger partial charge < -0.3 is 15.6 Å². The van der Waals surface area contributed by atoms with Crippen LogP contribution in [0.1, 0.15) is 23.1 Å². The minimum Gasteiger partial charge on any atom is -0.398 e. The minimum absolute atomic E-state index is 0.0341. The summed E-state index contributed by atoms with van der Waals surface area (Å²) in [6.45, 7) is 2.11. The van der Waals surface area contributed by atoms with E-state index in [0.29, 0.717) is 17.8 Å². The van der Waals surface area contributed by atoms with Crippen LogP contribution in [0.15, 0.2) is 30.6 Å². The lowest BCUT2D eigenvalue weighted by Gasteiger charge is -2.09. The third-order valence-corrected chi connectivity index (χ3v) is 2.80. The quantitative estimate of drug-likeness (QED) is 0.635. The van der Waals surface area contributed by atoms with Crippen molar-refractivity contribution in [3.05, 3.63) is 42.0 Å². The topological polar surface area (TPSA) is 72.9 Å². The molecule has 1 aromatic heterocycles. The van der Waals surface area contributed by atoms with Crippen molar-refractivity contribution in [3.8, 4) is 0 Å². The molecule has 1 heterocycles. The monoisotopic (exact) mass is 244 g/mol. The molecule has 0 aliphatic heterocycles. The number of ketones is 1. The Morgan fingerprint density at radius 2 is 2.28 bits per heavy atom. The lowest BCUT2D eigenvalue weighted by molar-refractivity contribution is 0.101. The van der Waals surface area contributed by atoms with E-state index in [1.807, 2.05) is 23.9 Å². The van der Waals surface area contributed by atoms with Gasteiger partial charge in [0.15, 0.2) is 5.78 Å². The van der Waals surface area contributed by atoms with Crippen molar-refractivity contribution in [3.63, 3.8) is 0 Å². The zero-order chi connectivity index (χ0) is 13.1. The van der Waals surface area contributed by atoms with Gasteiger partial charge >= 0.3 is 0 Å². The molecule has 5 nitrogen and oxygen atoms in total. The van der Waals surface area contributed by atoms with Crippen LogP contribution in [0, 0.1) is 0 Å². The number of carbonyl (C=O) groups excluding carboxylic acids is 1. The van der Waals surface area contributed by atoms with Gasteiger partial charge in [-0.05, 0) is 25.1 Å². The molecule has 0 atom stereocenters. The van der Waals surface area contributed by atoms with E-state index >= 15 is 0 Å². The second-order valence-corrected chi connectivity index (χ2v) is 4.17. The zero-order valence-corrected chi connectivity index (χ0v) is 10.5. The maximum Gasteiger partial charge on any atom is 0.161 e. The highest BCUT2D eigenvalue weighted by Gasteiger charge is 2.06. The molecule has 0 saturated heterocycles. The highest BCUT2D eigenvalue weighted by Crippen LogP contribution is 2.18. The van der Waals surface area contributed by atoms with Crippen LogP contribution in [-0.2, 0) is 13.6 Å². The Hall–Kier alpha value is -2.30. The first kappa shape index (κ1) is 12.2. The predicted octanol–water partition coefficient (Wildman–Crippen LogP) is 1.82. The second-order valence-electron chi connectivity index (χ2n) is 4.17. The Morgan fingerprint density at radius 3 is 2.89 bits per heavy atom. The molecule has 0 radical (unpaired) electrons. The van der Waals surface area contributed by atoms with Crippen LogP contribution >= 0.6 is 0 Å². The molecular weight excluding hydrogens is 228 g/mol. The summed E-state index contributed by atoms with van der Waals surface area (Å²) in [6, 6.07) is 5.35. The van der Waals surface area contributed by atoms with Gasteiger partial charge in [0, 0.05) is 36.4 Å². The Bertz CT molecular complexity index is 574. The first-order valence-electron chi connectivity index (χ1n) is 5.68. The van der Waals surface area contributed by atoms with Gasteiger partial charge in [0.1, 0.15) is 5.82 Å². The molecule has 0 saturated carbocycles. The van der Waals surface area contributed by atoms with Crippen molar-refractivity contribution in [2.45, 2.75) is 13.5 Å². The third kappa shape index (κ3) is 2.51. The number of benzene rings is 1. The number of aryl methyl sites for hydroxylation is 1. The van der Waals surface area contributed by atoms with Crippen molar-refractivity contribution in [2.75, 3.05) is 11.1 Å². The molecule has 0 spiro atoms. The maximum atomic E-state index is 11.4. The standard InChI is InChI=1S/C13H16N4O/c1-9(18)11-7-10(3-4-12(11)14)16-8-13-15-5-6-17(13)2/h3-7,16H,8,14H2,1-2H3. The lowest BCUT2D eigenvalue weighted by atomic mass is 10.1. The number of hydrogen-bond donors (Lipinski definition) is 2. The highest BCUT2D eigenvalue weighted by molar-refractivity contribution is 5.99. The molecule has 0 bridgehead atoms. The average molecular weight is 244 g/mol. The third-order valence-electron chi connectivity index (χ3n) is 2.80. The van der Waals surface area contributed by atoms with E-state index in [0.717, 1.165) is 11.5 Å². The van der Waals surface area contributed by atoms with E-state index in [4.69, 9.17) is 5.73 Å². The fourth-order valence-corrected chi connectivity index (χ4v) is 1.72. The van der Waals surface area contributed by atoms with Gasteiger partial charge in [-0.3, -0.25) is 4.79 Å². The van der Waals surface area contributed by atoms with Crippen LogP contribution < -0.4 is 11.1 Å².